The van der Waals surface area contributed by atoms with Gasteiger partial charge in [0.05, 0.1) is 23.1 Å². The van der Waals surface area contributed by atoms with E-state index in [1.165, 1.54) is 0 Å². The molecule has 1 unspecified atom stereocenters. The Bertz CT molecular complexity index is 1210. The quantitative estimate of drug-likeness (QED) is 0.412. The zero-order chi connectivity index (χ0) is 21.2. The molecule has 154 valence electrons. The molecule has 2 aromatic carbocycles. The standard InChI is InChI=1S/C25H22N4OS/c1-2-24(30)29-23(15-22(26-29)19-13-14-31-17-19)21-16-28(20-11-7-4-8-12-20)27-25(21)18-9-5-3-6-10-18/h3-14,16-17,23H,2,15H2,1H3. The summed E-state index contributed by atoms with van der Waals surface area (Å²) in [5.41, 5.74) is 5.92. The van der Waals surface area contributed by atoms with Gasteiger partial charge in [-0.25, -0.2) is 9.69 Å². The highest BCUT2D eigenvalue weighted by Gasteiger charge is 2.35. The number of rotatable bonds is 5. The van der Waals surface area contributed by atoms with E-state index in [0.29, 0.717) is 12.8 Å². The SMILES string of the molecule is CCC(=O)N1N=C(c2ccsc2)CC1c1cn(-c2ccccc2)nc1-c1ccccc1. The van der Waals surface area contributed by atoms with E-state index in [9.17, 15) is 4.79 Å². The first-order valence-electron chi connectivity index (χ1n) is 10.4. The second kappa shape index (κ2) is 8.32. The van der Waals surface area contributed by atoms with E-state index in [0.717, 1.165) is 33.8 Å². The van der Waals surface area contributed by atoms with Gasteiger partial charge in [-0.3, -0.25) is 4.79 Å². The van der Waals surface area contributed by atoms with Crippen LogP contribution in [-0.4, -0.2) is 26.4 Å². The van der Waals surface area contributed by atoms with Crippen molar-refractivity contribution in [2.45, 2.75) is 25.8 Å². The van der Waals surface area contributed by atoms with Crippen LogP contribution in [0, 0.1) is 0 Å². The molecule has 1 atom stereocenters. The summed E-state index contributed by atoms with van der Waals surface area (Å²) in [5, 5.41) is 15.5. The van der Waals surface area contributed by atoms with Crippen molar-refractivity contribution in [2.75, 3.05) is 0 Å². The molecule has 31 heavy (non-hydrogen) atoms. The van der Waals surface area contributed by atoms with Gasteiger partial charge < -0.3 is 0 Å². The maximum absolute atomic E-state index is 12.8. The fourth-order valence-corrected chi connectivity index (χ4v) is 4.58. The molecule has 1 amide bonds. The Morgan fingerprint density at radius 3 is 2.45 bits per heavy atom. The lowest BCUT2D eigenvalue weighted by Crippen LogP contribution is -2.26. The second-order valence-corrected chi connectivity index (χ2v) is 8.23. The predicted octanol–water partition coefficient (Wildman–Crippen LogP) is 5.69. The number of aromatic nitrogens is 2. The average molecular weight is 427 g/mol. The first-order chi connectivity index (χ1) is 15.2. The Balaban J connectivity index is 1.62. The Morgan fingerprint density at radius 1 is 1.03 bits per heavy atom. The topological polar surface area (TPSA) is 50.5 Å². The molecule has 6 heteroatoms. The van der Waals surface area contributed by atoms with Crippen LogP contribution in [0.5, 0.6) is 0 Å². The van der Waals surface area contributed by atoms with E-state index in [2.05, 4.69) is 23.6 Å². The van der Waals surface area contributed by atoms with Crippen LogP contribution in [0.25, 0.3) is 16.9 Å². The van der Waals surface area contributed by atoms with Crippen LogP contribution in [0.4, 0.5) is 0 Å². The third-order valence-corrected chi connectivity index (χ3v) is 6.18. The van der Waals surface area contributed by atoms with Gasteiger partial charge in [-0.15, -0.1) is 0 Å². The molecule has 0 bridgehead atoms. The van der Waals surface area contributed by atoms with Crippen molar-refractivity contribution in [1.82, 2.24) is 14.8 Å². The van der Waals surface area contributed by atoms with E-state index in [1.54, 1.807) is 16.3 Å². The van der Waals surface area contributed by atoms with Gasteiger partial charge in [0, 0.05) is 35.7 Å². The van der Waals surface area contributed by atoms with Gasteiger partial charge in [0.15, 0.2) is 0 Å². The summed E-state index contributed by atoms with van der Waals surface area (Å²) >= 11 is 1.64. The molecule has 0 saturated heterocycles. The van der Waals surface area contributed by atoms with E-state index in [4.69, 9.17) is 10.2 Å². The Labute approximate surface area is 185 Å². The molecule has 0 fully saturated rings. The molecule has 4 aromatic rings. The molecule has 1 aliphatic rings. The average Bonchev–Trinajstić information content (AvgIpc) is 3.58. The summed E-state index contributed by atoms with van der Waals surface area (Å²) in [6.07, 6.45) is 3.12. The number of hydrazone groups is 1. The van der Waals surface area contributed by atoms with Crippen molar-refractivity contribution in [3.05, 3.63) is 94.8 Å². The van der Waals surface area contributed by atoms with Crippen molar-refractivity contribution < 1.29 is 4.79 Å². The van der Waals surface area contributed by atoms with Crippen LogP contribution >= 0.6 is 11.3 Å². The Morgan fingerprint density at radius 2 is 1.77 bits per heavy atom. The fourth-order valence-electron chi connectivity index (χ4n) is 3.91. The lowest BCUT2D eigenvalue weighted by molar-refractivity contribution is -0.132. The molecule has 1 aliphatic heterocycles. The van der Waals surface area contributed by atoms with Gasteiger partial charge in [-0.1, -0.05) is 55.5 Å². The van der Waals surface area contributed by atoms with E-state index < -0.39 is 0 Å². The second-order valence-electron chi connectivity index (χ2n) is 7.45. The summed E-state index contributed by atoms with van der Waals surface area (Å²) < 4.78 is 1.90. The highest BCUT2D eigenvalue weighted by molar-refractivity contribution is 7.08. The molecule has 0 spiro atoms. The van der Waals surface area contributed by atoms with Crippen LogP contribution in [0.15, 0.2) is 88.8 Å². The van der Waals surface area contributed by atoms with Crippen molar-refractivity contribution in [3.8, 4) is 16.9 Å². The summed E-state index contributed by atoms with van der Waals surface area (Å²) in [6.45, 7) is 1.88. The van der Waals surface area contributed by atoms with Gasteiger partial charge in [0.1, 0.15) is 0 Å². The van der Waals surface area contributed by atoms with Gasteiger partial charge in [0.2, 0.25) is 5.91 Å². The van der Waals surface area contributed by atoms with Crippen LogP contribution in [0.2, 0.25) is 0 Å². The van der Waals surface area contributed by atoms with Crippen molar-refractivity contribution in [3.63, 3.8) is 0 Å². The van der Waals surface area contributed by atoms with E-state index in [-0.39, 0.29) is 11.9 Å². The van der Waals surface area contributed by atoms with Crippen LogP contribution < -0.4 is 0 Å². The first-order valence-corrected chi connectivity index (χ1v) is 11.3. The molecule has 3 heterocycles. The van der Waals surface area contributed by atoms with Gasteiger partial charge >= 0.3 is 0 Å². The lowest BCUT2D eigenvalue weighted by Gasteiger charge is -2.21. The maximum atomic E-state index is 12.8. The van der Waals surface area contributed by atoms with E-state index in [1.807, 2.05) is 71.7 Å². The van der Waals surface area contributed by atoms with Crippen LogP contribution in [-0.2, 0) is 4.79 Å². The number of hydrogen-bond donors (Lipinski definition) is 0. The van der Waals surface area contributed by atoms with Gasteiger partial charge in [0.25, 0.3) is 0 Å². The first kappa shape index (κ1) is 19.5. The van der Waals surface area contributed by atoms with Gasteiger partial charge in [-0.05, 0) is 29.0 Å². The van der Waals surface area contributed by atoms with Crippen molar-refractivity contribution in [2.24, 2.45) is 5.10 Å². The number of benzene rings is 2. The molecule has 5 nitrogen and oxygen atoms in total. The molecule has 2 aromatic heterocycles. The molecule has 0 saturated carbocycles. The van der Waals surface area contributed by atoms with Crippen LogP contribution in [0.3, 0.4) is 0 Å². The fraction of sp³-hybridized carbons (Fsp3) is 0.160. The molecular formula is C25H22N4OS. The highest BCUT2D eigenvalue weighted by atomic mass is 32.1. The van der Waals surface area contributed by atoms with Gasteiger partial charge in [-0.2, -0.15) is 21.5 Å². The predicted molar refractivity (Wildman–Crippen MR) is 124 cm³/mol. The minimum Gasteiger partial charge on any atom is -0.273 e. The minimum atomic E-state index is -0.185. The maximum Gasteiger partial charge on any atom is 0.242 e. The zero-order valence-electron chi connectivity index (χ0n) is 17.2. The Hall–Kier alpha value is -3.51. The summed E-state index contributed by atoms with van der Waals surface area (Å²) in [6, 6.07) is 22.1. The number of para-hydroxylation sites is 1. The number of nitrogens with zero attached hydrogens (tertiary/aromatic N) is 4. The normalized spacial score (nSPS) is 15.8. The van der Waals surface area contributed by atoms with Crippen LogP contribution in [0.1, 0.15) is 36.9 Å². The number of carbonyl (C=O) groups excluding carboxylic acids is 1. The Kier molecular flexibility index (Phi) is 5.22. The smallest absolute Gasteiger partial charge is 0.242 e. The lowest BCUT2D eigenvalue weighted by atomic mass is 9.97. The molecular weight excluding hydrogens is 404 g/mol. The van der Waals surface area contributed by atoms with E-state index >= 15 is 0 Å². The van der Waals surface area contributed by atoms with Crippen molar-refractivity contribution >= 4 is 23.0 Å². The molecule has 5 rings (SSSR count). The minimum absolute atomic E-state index is 0.0155. The molecule has 0 N–H and O–H groups in total. The number of thiophene rings is 1. The monoisotopic (exact) mass is 426 g/mol. The number of hydrogen-bond acceptors (Lipinski definition) is 4. The third kappa shape index (κ3) is 3.70. The zero-order valence-corrected chi connectivity index (χ0v) is 18.0. The summed E-state index contributed by atoms with van der Waals surface area (Å²) in [7, 11) is 0. The highest BCUT2D eigenvalue weighted by Crippen LogP contribution is 2.38. The molecule has 0 radical (unpaired) electrons. The summed E-state index contributed by atoms with van der Waals surface area (Å²) in [5.74, 6) is 0.0155. The summed E-state index contributed by atoms with van der Waals surface area (Å²) in [4.78, 5) is 12.8. The third-order valence-electron chi connectivity index (χ3n) is 5.49. The largest absolute Gasteiger partial charge is 0.273 e. The number of carbonyl (C=O) groups is 1. The number of amides is 1. The molecule has 0 aliphatic carbocycles. The van der Waals surface area contributed by atoms with Crippen molar-refractivity contribution in [1.29, 1.82) is 0 Å².